The molecule has 2 aliphatic heterocycles. The molecule has 2 saturated heterocycles. The number of nitrogens with one attached hydrogen (secondary N) is 1. The first-order chi connectivity index (χ1) is 9.67. The second kappa shape index (κ2) is 6.24. The number of ether oxygens (including phenoxy) is 1. The van der Waals surface area contributed by atoms with Crippen molar-refractivity contribution in [3.63, 3.8) is 0 Å². The molecule has 3 fully saturated rings. The van der Waals surface area contributed by atoms with E-state index in [0.717, 1.165) is 50.9 Å². The highest BCUT2D eigenvalue weighted by Crippen LogP contribution is 2.38. The number of rotatable bonds is 3. The molecule has 0 radical (unpaired) electrons. The second-order valence-corrected chi connectivity index (χ2v) is 7.69. The molecular formula is C15H25NO3S. The second-order valence-electron chi connectivity index (χ2n) is 6.59. The summed E-state index contributed by atoms with van der Waals surface area (Å²) in [6.07, 6.45) is 7.17. The van der Waals surface area contributed by atoms with E-state index in [4.69, 9.17) is 4.74 Å². The van der Waals surface area contributed by atoms with E-state index in [9.17, 15) is 9.90 Å². The molecular weight excluding hydrogens is 274 g/mol. The number of carbonyl (C=O) groups is 1. The van der Waals surface area contributed by atoms with Gasteiger partial charge in [0, 0.05) is 24.4 Å². The van der Waals surface area contributed by atoms with Crippen LogP contribution in [0.4, 0.5) is 0 Å². The van der Waals surface area contributed by atoms with Crippen LogP contribution in [-0.2, 0) is 9.53 Å². The molecule has 4 nitrogen and oxygen atoms in total. The fourth-order valence-corrected chi connectivity index (χ4v) is 5.31. The molecule has 2 heterocycles. The standard InChI is InChI=1S/C15H25NO3S/c17-14(18)11-2-1-3-12(8-11)16-13-4-6-19-15(9-13)5-7-20-10-15/h11-13,16H,1-10H2,(H,17,18). The third kappa shape index (κ3) is 3.31. The van der Waals surface area contributed by atoms with Crippen LogP contribution < -0.4 is 5.32 Å². The molecule has 0 amide bonds. The van der Waals surface area contributed by atoms with Crippen molar-refractivity contribution in [2.45, 2.75) is 62.6 Å². The SMILES string of the molecule is O=C(O)C1CCCC(NC2CCOC3(CCSC3)C2)C1. The first kappa shape index (κ1) is 14.7. The van der Waals surface area contributed by atoms with E-state index >= 15 is 0 Å². The predicted molar refractivity (Wildman–Crippen MR) is 80.2 cm³/mol. The average Bonchev–Trinajstić information content (AvgIpc) is 2.87. The topological polar surface area (TPSA) is 58.6 Å². The molecule has 0 aromatic heterocycles. The Balaban J connectivity index is 1.53. The van der Waals surface area contributed by atoms with E-state index in [1.807, 2.05) is 11.8 Å². The Bertz CT molecular complexity index is 357. The summed E-state index contributed by atoms with van der Waals surface area (Å²) in [5, 5.41) is 12.9. The van der Waals surface area contributed by atoms with Crippen LogP contribution in [0.5, 0.6) is 0 Å². The van der Waals surface area contributed by atoms with Crippen LogP contribution in [0, 0.1) is 5.92 Å². The molecule has 3 aliphatic rings. The predicted octanol–water partition coefficient (Wildman–Crippen LogP) is 2.27. The Morgan fingerprint density at radius 3 is 2.95 bits per heavy atom. The highest BCUT2D eigenvalue weighted by molar-refractivity contribution is 7.99. The van der Waals surface area contributed by atoms with Crippen LogP contribution in [0.3, 0.4) is 0 Å². The number of hydrogen-bond acceptors (Lipinski definition) is 4. The van der Waals surface area contributed by atoms with Crippen molar-refractivity contribution in [1.29, 1.82) is 0 Å². The van der Waals surface area contributed by atoms with Gasteiger partial charge in [0.1, 0.15) is 0 Å². The van der Waals surface area contributed by atoms with Gasteiger partial charge in [-0.1, -0.05) is 6.42 Å². The summed E-state index contributed by atoms with van der Waals surface area (Å²) in [6.45, 7) is 0.854. The Morgan fingerprint density at radius 2 is 2.20 bits per heavy atom. The van der Waals surface area contributed by atoms with Gasteiger partial charge in [-0.25, -0.2) is 0 Å². The molecule has 1 aliphatic carbocycles. The summed E-state index contributed by atoms with van der Waals surface area (Å²) in [5.41, 5.74) is 0.113. The van der Waals surface area contributed by atoms with Crippen LogP contribution >= 0.6 is 11.8 Å². The average molecular weight is 299 g/mol. The molecule has 0 aromatic carbocycles. The lowest BCUT2D eigenvalue weighted by Gasteiger charge is -2.40. The van der Waals surface area contributed by atoms with Gasteiger partial charge in [-0.3, -0.25) is 4.79 Å². The third-order valence-corrected chi connectivity index (χ3v) is 6.28. The molecule has 4 unspecified atom stereocenters. The van der Waals surface area contributed by atoms with E-state index in [1.54, 1.807) is 0 Å². The Morgan fingerprint density at radius 1 is 1.30 bits per heavy atom. The number of thioether (sulfide) groups is 1. The summed E-state index contributed by atoms with van der Waals surface area (Å²) in [6, 6.07) is 0.902. The largest absolute Gasteiger partial charge is 0.481 e. The van der Waals surface area contributed by atoms with Crippen molar-refractivity contribution in [2.75, 3.05) is 18.1 Å². The molecule has 2 N–H and O–H groups in total. The molecule has 20 heavy (non-hydrogen) atoms. The summed E-state index contributed by atoms with van der Waals surface area (Å²) in [7, 11) is 0. The first-order valence-corrected chi connectivity index (χ1v) is 9.03. The lowest BCUT2D eigenvalue weighted by atomic mass is 9.84. The molecule has 3 rings (SSSR count). The van der Waals surface area contributed by atoms with E-state index in [0.29, 0.717) is 12.1 Å². The molecule has 1 spiro atoms. The highest BCUT2D eigenvalue weighted by Gasteiger charge is 2.41. The fraction of sp³-hybridized carbons (Fsp3) is 0.933. The third-order valence-electron chi connectivity index (χ3n) is 5.05. The maximum atomic E-state index is 11.1. The minimum absolute atomic E-state index is 0.113. The smallest absolute Gasteiger partial charge is 0.306 e. The maximum absolute atomic E-state index is 11.1. The lowest BCUT2D eigenvalue weighted by Crippen LogP contribution is -2.51. The monoisotopic (exact) mass is 299 g/mol. The number of carboxylic acid groups (broad SMARTS) is 1. The minimum atomic E-state index is -0.618. The van der Waals surface area contributed by atoms with E-state index in [2.05, 4.69) is 5.32 Å². The maximum Gasteiger partial charge on any atom is 0.306 e. The summed E-state index contributed by atoms with van der Waals surface area (Å²) in [5.74, 6) is 1.59. The number of carboxylic acids is 1. The van der Waals surface area contributed by atoms with Gasteiger partial charge in [0.2, 0.25) is 0 Å². The van der Waals surface area contributed by atoms with Crippen LogP contribution in [0.15, 0.2) is 0 Å². The summed E-state index contributed by atoms with van der Waals surface area (Å²) >= 11 is 2.00. The van der Waals surface area contributed by atoms with Gasteiger partial charge >= 0.3 is 5.97 Å². The van der Waals surface area contributed by atoms with Crippen molar-refractivity contribution in [2.24, 2.45) is 5.92 Å². The van der Waals surface area contributed by atoms with Crippen molar-refractivity contribution in [3.05, 3.63) is 0 Å². The van der Waals surface area contributed by atoms with Crippen LogP contribution in [-0.4, -0.2) is 46.9 Å². The first-order valence-electron chi connectivity index (χ1n) is 7.87. The van der Waals surface area contributed by atoms with Gasteiger partial charge in [0.15, 0.2) is 0 Å². The number of hydrogen-bond donors (Lipinski definition) is 2. The van der Waals surface area contributed by atoms with Gasteiger partial charge in [-0.15, -0.1) is 0 Å². The quantitative estimate of drug-likeness (QED) is 0.837. The number of aliphatic carboxylic acids is 1. The van der Waals surface area contributed by atoms with Gasteiger partial charge in [0.25, 0.3) is 0 Å². The molecule has 114 valence electrons. The van der Waals surface area contributed by atoms with E-state index in [1.165, 1.54) is 12.2 Å². The Labute approximate surface area is 125 Å². The van der Waals surface area contributed by atoms with Gasteiger partial charge in [-0.05, 0) is 44.3 Å². The van der Waals surface area contributed by atoms with Crippen LogP contribution in [0.2, 0.25) is 0 Å². The van der Waals surface area contributed by atoms with Crippen molar-refractivity contribution >= 4 is 17.7 Å². The molecule has 0 bridgehead atoms. The van der Waals surface area contributed by atoms with Crippen molar-refractivity contribution in [1.82, 2.24) is 5.32 Å². The highest BCUT2D eigenvalue weighted by atomic mass is 32.2. The minimum Gasteiger partial charge on any atom is -0.481 e. The van der Waals surface area contributed by atoms with Gasteiger partial charge in [-0.2, -0.15) is 11.8 Å². The molecule has 0 aromatic rings. The Kier molecular flexibility index (Phi) is 4.58. The van der Waals surface area contributed by atoms with Gasteiger partial charge in [0.05, 0.1) is 11.5 Å². The summed E-state index contributed by atoms with van der Waals surface area (Å²) < 4.78 is 6.05. The van der Waals surface area contributed by atoms with Gasteiger partial charge < -0.3 is 15.2 Å². The van der Waals surface area contributed by atoms with E-state index < -0.39 is 5.97 Å². The zero-order valence-electron chi connectivity index (χ0n) is 12.0. The normalized spacial score (nSPS) is 41.9. The Hall–Kier alpha value is -0.260. The summed E-state index contributed by atoms with van der Waals surface area (Å²) in [4.78, 5) is 11.1. The molecule has 5 heteroatoms. The van der Waals surface area contributed by atoms with Crippen molar-refractivity contribution in [3.8, 4) is 0 Å². The fourth-order valence-electron chi connectivity index (χ4n) is 3.93. The van der Waals surface area contributed by atoms with Crippen molar-refractivity contribution < 1.29 is 14.6 Å². The van der Waals surface area contributed by atoms with Crippen LogP contribution in [0.25, 0.3) is 0 Å². The zero-order valence-corrected chi connectivity index (χ0v) is 12.8. The lowest BCUT2D eigenvalue weighted by molar-refractivity contribution is -0.143. The van der Waals surface area contributed by atoms with E-state index in [-0.39, 0.29) is 11.5 Å². The zero-order chi connectivity index (χ0) is 14.0. The molecule has 4 atom stereocenters. The molecule has 1 saturated carbocycles. The van der Waals surface area contributed by atoms with Crippen LogP contribution in [0.1, 0.15) is 44.9 Å².